The van der Waals surface area contributed by atoms with Gasteiger partial charge in [-0.1, -0.05) is 25.4 Å². The molecule has 0 heterocycles. The highest BCUT2D eigenvalue weighted by atomic mass is 35.5. The number of hydrogen-bond donors (Lipinski definition) is 2. The lowest BCUT2D eigenvalue weighted by atomic mass is 10.0. The number of aryl methyl sites for hydroxylation is 1. The Morgan fingerprint density at radius 2 is 1.94 bits per heavy atom. The van der Waals surface area contributed by atoms with Crippen molar-refractivity contribution in [2.75, 3.05) is 0 Å². The van der Waals surface area contributed by atoms with Crippen LogP contribution in [0, 0.1) is 12.8 Å². The van der Waals surface area contributed by atoms with E-state index in [0.29, 0.717) is 10.6 Å². The van der Waals surface area contributed by atoms with Gasteiger partial charge in [0.25, 0.3) is 5.91 Å². The van der Waals surface area contributed by atoms with Crippen molar-refractivity contribution in [3.05, 3.63) is 34.3 Å². The second-order valence-electron chi connectivity index (χ2n) is 4.50. The Morgan fingerprint density at radius 1 is 1.33 bits per heavy atom. The molecule has 1 aromatic rings. The van der Waals surface area contributed by atoms with Crippen LogP contribution in [0.5, 0.6) is 0 Å². The van der Waals surface area contributed by atoms with Crippen LogP contribution in [0.2, 0.25) is 5.02 Å². The molecule has 0 aliphatic heterocycles. The van der Waals surface area contributed by atoms with Crippen LogP contribution < -0.4 is 5.32 Å². The molecule has 98 valence electrons. The van der Waals surface area contributed by atoms with Crippen molar-refractivity contribution in [2.24, 2.45) is 5.92 Å². The molecule has 0 aromatic heterocycles. The molecule has 0 aliphatic carbocycles. The van der Waals surface area contributed by atoms with Crippen LogP contribution in [0.4, 0.5) is 0 Å². The van der Waals surface area contributed by atoms with Crippen LogP contribution in [-0.2, 0) is 4.79 Å². The zero-order valence-corrected chi connectivity index (χ0v) is 11.3. The molecule has 0 spiro atoms. The van der Waals surface area contributed by atoms with E-state index < -0.39 is 17.9 Å². The molecule has 1 rings (SSSR count). The number of aliphatic carboxylic acids is 1. The van der Waals surface area contributed by atoms with Gasteiger partial charge in [-0.05, 0) is 36.6 Å². The number of amides is 1. The highest BCUT2D eigenvalue weighted by molar-refractivity contribution is 6.31. The zero-order valence-electron chi connectivity index (χ0n) is 10.5. The molecule has 18 heavy (non-hydrogen) atoms. The van der Waals surface area contributed by atoms with E-state index in [9.17, 15) is 9.59 Å². The molecule has 1 amide bonds. The summed E-state index contributed by atoms with van der Waals surface area (Å²) in [6.07, 6.45) is 0. The number of benzene rings is 1. The van der Waals surface area contributed by atoms with Gasteiger partial charge in [0.2, 0.25) is 0 Å². The van der Waals surface area contributed by atoms with Gasteiger partial charge in [0.05, 0.1) is 0 Å². The molecule has 2 N–H and O–H groups in total. The van der Waals surface area contributed by atoms with Crippen molar-refractivity contribution < 1.29 is 14.7 Å². The van der Waals surface area contributed by atoms with Crippen molar-refractivity contribution in [1.29, 1.82) is 0 Å². The summed E-state index contributed by atoms with van der Waals surface area (Å²) in [5.41, 5.74) is 1.18. The van der Waals surface area contributed by atoms with Crippen molar-refractivity contribution in [1.82, 2.24) is 5.32 Å². The fourth-order valence-electron chi connectivity index (χ4n) is 1.52. The van der Waals surface area contributed by atoms with Gasteiger partial charge in [-0.3, -0.25) is 4.79 Å². The Bertz CT molecular complexity index is 471. The molecule has 1 atom stereocenters. The summed E-state index contributed by atoms with van der Waals surface area (Å²) < 4.78 is 0. The second-order valence-corrected chi connectivity index (χ2v) is 4.90. The first-order valence-corrected chi connectivity index (χ1v) is 6.00. The van der Waals surface area contributed by atoms with E-state index in [4.69, 9.17) is 16.7 Å². The van der Waals surface area contributed by atoms with E-state index in [1.807, 2.05) is 0 Å². The standard InChI is InChI=1S/C13H16ClNO3/c1-7(2)11(13(17)18)15-12(16)9-4-5-10(14)8(3)6-9/h4-7,11H,1-3H3,(H,15,16)(H,17,18). The summed E-state index contributed by atoms with van der Waals surface area (Å²) in [4.78, 5) is 22.9. The zero-order chi connectivity index (χ0) is 13.9. The molecule has 0 saturated carbocycles. The van der Waals surface area contributed by atoms with Crippen LogP contribution >= 0.6 is 11.6 Å². The Balaban J connectivity index is 2.87. The molecule has 4 nitrogen and oxygen atoms in total. The van der Waals surface area contributed by atoms with Crippen LogP contribution in [-0.4, -0.2) is 23.0 Å². The lowest BCUT2D eigenvalue weighted by Gasteiger charge is -2.18. The number of hydrogen-bond acceptors (Lipinski definition) is 2. The Hall–Kier alpha value is -1.55. The topological polar surface area (TPSA) is 66.4 Å². The van der Waals surface area contributed by atoms with Gasteiger partial charge in [0.15, 0.2) is 0 Å². The minimum Gasteiger partial charge on any atom is -0.480 e. The average Bonchev–Trinajstić information content (AvgIpc) is 2.28. The Labute approximate surface area is 111 Å². The molecule has 1 aromatic carbocycles. The maximum absolute atomic E-state index is 11.9. The third-order valence-corrected chi connectivity index (χ3v) is 3.06. The monoisotopic (exact) mass is 269 g/mol. The summed E-state index contributed by atoms with van der Waals surface area (Å²) in [6, 6.07) is 3.94. The molecule has 1 unspecified atom stereocenters. The van der Waals surface area contributed by atoms with Crippen LogP contribution in [0.25, 0.3) is 0 Å². The largest absolute Gasteiger partial charge is 0.480 e. The second kappa shape index (κ2) is 5.87. The lowest BCUT2D eigenvalue weighted by molar-refractivity contribution is -0.140. The first kappa shape index (κ1) is 14.5. The smallest absolute Gasteiger partial charge is 0.326 e. The lowest BCUT2D eigenvalue weighted by Crippen LogP contribution is -2.44. The first-order valence-electron chi connectivity index (χ1n) is 5.62. The van der Waals surface area contributed by atoms with Gasteiger partial charge < -0.3 is 10.4 Å². The molecule has 0 saturated heterocycles. The van der Waals surface area contributed by atoms with E-state index in [-0.39, 0.29) is 5.92 Å². The van der Waals surface area contributed by atoms with Crippen molar-refractivity contribution in [3.8, 4) is 0 Å². The van der Waals surface area contributed by atoms with Crippen LogP contribution in [0.15, 0.2) is 18.2 Å². The Kier molecular flexibility index (Phi) is 4.73. The number of halogens is 1. The van der Waals surface area contributed by atoms with Crippen molar-refractivity contribution >= 4 is 23.5 Å². The fourth-order valence-corrected chi connectivity index (χ4v) is 1.64. The average molecular weight is 270 g/mol. The van der Waals surface area contributed by atoms with Gasteiger partial charge in [-0.25, -0.2) is 4.79 Å². The van der Waals surface area contributed by atoms with Gasteiger partial charge in [-0.2, -0.15) is 0 Å². The molecule has 0 fully saturated rings. The minimum atomic E-state index is -1.04. The van der Waals surface area contributed by atoms with Gasteiger partial charge >= 0.3 is 5.97 Å². The van der Waals surface area contributed by atoms with E-state index >= 15 is 0 Å². The summed E-state index contributed by atoms with van der Waals surface area (Å²) in [5, 5.41) is 12.1. The predicted octanol–water partition coefficient (Wildman–Crippen LogP) is 2.49. The highest BCUT2D eigenvalue weighted by Gasteiger charge is 2.23. The number of carbonyl (C=O) groups is 2. The predicted molar refractivity (Wildman–Crippen MR) is 69.9 cm³/mol. The molecular formula is C13H16ClNO3. The van der Waals surface area contributed by atoms with E-state index in [1.165, 1.54) is 0 Å². The normalized spacial score (nSPS) is 12.3. The SMILES string of the molecule is Cc1cc(C(=O)NC(C(=O)O)C(C)C)ccc1Cl. The molecular weight excluding hydrogens is 254 g/mol. The van der Waals surface area contributed by atoms with Crippen LogP contribution in [0.1, 0.15) is 29.8 Å². The number of rotatable bonds is 4. The minimum absolute atomic E-state index is 0.181. The van der Waals surface area contributed by atoms with Crippen molar-refractivity contribution in [2.45, 2.75) is 26.8 Å². The third-order valence-electron chi connectivity index (χ3n) is 2.64. The number of carboxylic acid groups (broad SMARTS) is 1. The number of carbonyl (C=O) groups excluding carboxylic acids is 1. The van der Waals surface area contributed by atoms with E-state index in [0.717, 1.165) is 5.56 Å². The van der Waals surface area contributed by atoms with Crippen molar-refractivity contribution in [3.63, 3.8) is 0 Å². The quantitative estimate of drug-likeness (QED) is 0.882. The highest BCUT2D eigenvalue weighted by Crippen LogP contribution is 2.16. The van der Waals surface area contributed by atoms with Gasteiger partial charge in [0, 0.05) is 10.6 Å². The van der Waals surface area contributed by atoms with E-state index in [1.54, 1.807) is 39.0 Å². The number of carboxylic acids is 1. The Morgan fingerprint density at radius 3 is 2.39 bits per heavy atom. The summed E-state index contributed by atoms with van der Waals surface area (Å²) >= 11 is 5.87. The van der Waals surface area contributed by atoms with Crippen LogP contribution in [0.3, 0.4) is 0 Å². The third kappa shape index (κ3) is 3.47. The summed E-state index contributed by atoms with van der Waals surface area (Å²) in [7, 11) is 0. The number of nitrogens with one attached hydrogen (secondary N) is 1. The molecule has 0 aliphatic rings. The molecule has 0 bridgehead atoms. The molecule has 0 radical (unpaired) electrons. The summed E-state index contributed by atoms with van der Waals surface area (Å²) in [5.74, 6) is -1.63. The van der Waals surface area contributed by atoms with E-state index in [2.05, 4.69) is 5.32 Å². The molecule has 5 heteroatoms. The fraction of sp³-hybridized carbons (Fsp3) is 0.385. The maximum Gasteiger partial charge on any atom is 0.326 e. The maximum atomic E-state index is 11.9. The summed E-state index contributed by atoms with van der Waals surface area (Å²) in [6.45, 7) is 5.27. The van der Waals surface area contributed by atoms with Gasteiger partial charge in [0.1, 0.15) is 6.04 Å². The first-order chi connectivity index (χ1) is 8.32. The van der Waals surface area contributed by atoms with Gasteiger partial charge in [-0.15, -0.1) is 0 Å².